The molecule has 0 aromatic heterocycles. The molecule has 1 aliphatic heterocycles. The van der Waals surface area contributed by atoms with Crippen LogP contribution in [0.4, 0.5) is 0 Å². The summed E-state index contributed by atoms with van der Waals surface area (Å²) in [5, 5.41) is 54.7. The van der Waals surface area contributed by atoms with Crippen LogP contribution in [0.2, 0.25) is 0 Å². The third kappa shape index (κ3) is 42.3. The third-order valence-corrected chi connectivity index (χ3v) is 16.0. The van der Waals surface area contributed by atoms with Crippen LogP contribution in [0.25, 0.3) is 0 Å². The van der Waals surface area contributed by atoms with E-state index in [1.54, 1.807) is 0 Å². The highest BCUT2D eigenvalue weighted by Crippen LogP contribution is 2.24. The SMILES string of the molecule is CCCCCCCCCCCCCCCCCCCCCCCCCCCCCCCCCCCC(=O)N[C@@H](CO[C@@H]1O[C@H](CO)[C@@H](O)C(O)C1O)[C@H](O)CCCCCCCCCCCCCCCCCC. The first kappa shape index (κ1) is 69.2. The molecule has 0 radical (unpaired) electrons. The lowest BCUT2D eigenvalue weighted by Gasteiger charge is -2.40. The molecule has 1 heterocycles. The van der Waals surface area contributed by atoms with Crippen molar-refractivity contribution in [3.63, 3.8) is 0 Å². The summed E-state index contributed by atoms with van der Waals surface area (Å²) in [6.07, 6.45) is 58.8. The molecule has 1 amide bonds. The number of amides is 1. The number of hydrogen-bond donors (Lipinski definition) is 6. The Bertz CT molecular complexity index is 1100. The molecule has 430 valence electrons. The zero-order valence-corrected chi connectivity index (χ0v) is 48.0. The van der Waals surface area contributed by atoms with Crippen LogP contribution < -0.4 is 5.32 Å². The van der Waals surface area contributed by atoms with E-state index in [4.69, 9.17) is 9.47 Å². The number of nitrogens with one attached hydrogen (secondary N) is 1. The summed E-state index contributed by atoms with van der Waals surface area (Å²) in [6, 6.07) is -0.713. The van der Waals surface area contributed by atoms with Crippen LogP contribution in [0.3, 0.4) is 0 Å². The molecule has 1 aliphatic rings. The summed E-state index contributed by atoms with van der Waals surface area (Å²) < 4.78 is 11.3. The fraction of sp³-hybridized carbons (Fsp3) is 0.984. The number of carbonyl (C=O) groups excluding carboxylic acids is 1. The van der Waals surface area contributed by atoms with Gasteiger partial charge in [0.25, 0.3) is 0 Å². The fourth-order valence-electron chi connectivity index (χ4n) is 10.9. The highest BCUT2D eigenvalue weighted by Gasteiger charge is 2.44. The van der Waals surface area contributed by atoms with E-state index >= 15 is 0 Å². The summed E-state index contributed by atoms with van der Waals surface area (Å²) in [5.74, 6) is -0.135. The molecule has 9 nitrogen and oxygen atoms in total. The lowest BCUT2D eigenvalue weighted by atomic mass is 9.99. The van der Waals surface area contributed by atoms with E-state index in [2.05, 4.69) is 19.2 Å². The van der Waals surface area contributed by atoms with Gasteiger partial charge in [-0.1, -0.05) is 322 Å². The number of carbonyl (C=O) groups is 1. The lowest BCUT2D eigenvalue weighted by molar-refractivity contribution is -0.302. The first-order chi connectivity index (χ1) is 35.3. The monoisotopic (exact) mass is 1020 g/mol. The minimum Gasteiger partial charge on any atom is -0.394 e. The fourth-order valence-corrected chi connectivity index (χ4v) is 10.9. The van der Waals surface area contributed by atoms with Gasteiger partial charge in [-0.3, -0.25) is 4.79 Å². The molecule has 1 saturated heterocycles. The second kappa shape index (κ2) is 53.6. The predicted octanol–water partition coefficient (Wildman–Crippen LogP) is 16.6. The largest absolute Gasteiger partial charge is 0.394 e. The van der Waals surface area contributed by atoms with E-state index in [1.165, 1.54) is 276 Å². The van der Waals surface area contributed by atoms with Crippen LogP contribution in [0.15, 0.2) is 0 Å². The highest BCUT2D eigenvalue weighted by atomic mass is 16.7. The highest BCUT2D eigenvalue weighted by molar-refractivity contribution is 5.76. The number of aliphatic hydroxyl groups is 5. The molecular formula is C63H125NO8. The van der Waals surface area contributed by atoms with Crippen molar-refractivity contribution in [3.8, 4) is 0 Å². The Morgan fingerprint density at radius 2 is 0.694 bits per heavy atom. The summed E-state index contributed by atoms with van der Waals surface area (Å²) in [6.45, 7) is 3.89. The molecule has 0 aromatic carbocycles. The van der Waals surface area contributed by atoms with E-state index in [9.17, 15) is 30.3 Å². The molecule has 6 N–H and O–H groups in total. The van der Waals surface area contributed by atoms with Crippen molar-refractivity contribution in [2.24, 2.45) is 0 Å². The van der Waals surface area contributed by atoms with Gasteiger partial charge >= 0.3 is 0 Å². The van der Waals surface area contributed by atoms with Crippen LogP contribution in [-0.2, 0) is 14.3 Å². The van der Waals surface area contributed by atoms with Gasteiger partial charge in [-0.2, -0.15) is 0 Å². The second-order valence-corrected chi connectivity index (χ2v) is 22.9. The molecule has 0 saturated carbocycles. The Labute approximate surface area is 446 Å². The van der Waals surface area contributed by atoms with Gasteiger partial charge in [-0.25, -0.2) is 0 Å². The van der Waals surface area contributed by atoms with Gasteiger partial charge < -0.3 is 40.3 Å². The van der Waals surface area contributed by atoms with E-state index < -0.39 is 49.5 Å². The number of hydrogen-bond acceptors (Lipinski definition) is 8. The van der Waals surface area contributed by atoms with E-state index in [0.29, 0.717) is 12.8 Å². The standard InChI is InChI=1S/C63H125NO8/c1-3-5-7-9-11-13-15-17-19-21-22-23-24-25-26-27-28-29-30-31-32-33-34-35-36-37-39-41-43-45-47-49-51-53-59(67)64-56(55-71-63-62(70)61(69)60(68)58(54-65)72-63)57(66)52-50-48-46-44-42-40-38-20-18-16-14-12-10-8-6-4-2/h56-58,60-63,65-66,68-70H,3-55H2,1-2H3,(H,64,67)/t56-,57+,58+,60+,61?,62?,63+/m0/s1. The van der Waals surface area contributed by atoms with Crippen LogP contribution in [0, 0.1) is 0 Å². The maximum Gasteiger partial charge on any atom is 0.220 e. The van der Waals surface area contributed by atoms with Crippen molar-refractivity contribution >= 4 is 5.91 Å². The average Bonchev–Trinajstić information content (AvgIpc) is 3.38. The van der Waals surface area contributed by atoms with Gasteiger partial charge in [0.2, 0.25) is 5.91 Å². The Morgan fingerprint density at radius 1 is 0.417 bits per heavy atom. The molecule has 72 heavy (non-hydrogen) atoms. The van der Waals surface area contributed by atoms with Crippen LogP contribution in [0.1, 0.15) is 341 Å². The molecule has 0 spiro atoms. The minimum atomic E-state index is -1.55. The zero-order chi connectivity index (χ0) is 52.2. The third-order valence-electron chi connectivity index (χ3n) is 16.0. The molecule has 9 heteroatoms. The van der Waals surface area contributed by atoms with E-state index in [1.807, 2.05) is 0 Å². The van der Waals surface area contributed by atoms with Gasteiger partial charge in [0, 0.05) is 6.42 Å². The molecule has 0 aromatic rings. The quantitative estimate of drug-likeness (QED) is 0.0330. The van der Waals surface area contributed by atoms with E-state index in [0.717, 1.165) is 38.5 Å². The Hall–Kier alpha value is -0.810. The van der Waals surface area contributed by atoms with Crippen molar-refractivity contribution < 1.29 is 39.8 Å². The first-order valence-electron chi connectivity index (χ1n) is 32.2. The smallest absolute Gasteiger partial charge is 0.220 e. The molecule has 0 bridgehead atoms. The maximum atomic E-state index is 13.1. The molecule has 0 aliphatic carbocycles. The van der Waals surface area contributed by atoms with Crippen molar-refractivity contribution in [2.75, 3.05) is 13.2 Å². The summed E-state index contributed by atoms with van der Waals surface area (Å²) in [4.78, 5) is 13.1. The normalized spacial score (nSPS) is 19.0. The Balaban J connectivity index is 2.07. The lowest BCUT2D eigenvalue weighted by Crippen LogP contribution is -2.60. The molecule has 7 atom stereocenters. The van der Waals surface area contributed by atoms with Crippen molar-refractivity contribution in [2.45, 2.75) is 384 Å². The predicted molar refractivity (Wildman–Crippen MR) is 304 cm³/mol. The molecule has 1 rings (SSSR count). The van der Waals surface area contributed by atoms with Crippen molar-refractivity contribution in [1.82, 2.24) is 5.32 Å². The van der Waals surface area contributed by atoms with Crippen LogP contribution >= 0.6 is 0 Å². The van der Waals surface area contributed by atoms with Gasteiger partial charge in [0.05, 0.1) is 25.4 Å². The average molecular weight is 1020 g/mol. The van der Waals surface area contributed by atoms with Crippen molar-refractivity contribution in [1.29, 1.82) is 0 Å². The van der Waals surface area contributed by atoms with Gasteiger partial charge in [0.15, 0.2) is 6.29 Å². The number of aliphatic hydroxyl groups excluding tert-OH is 5. The summed E-state index contributed by atoms with van der Waals surface area (Å²) in [5.41, 5.74) is 0. The molecular weight excluding hydrogens is 899 g/mol. The number of rotatable bonds is 57. The Kier molecular flexibility index (Phi) is 51.5. The second-order valence-electron chi connectivity index (χ2n) is 22.9. The van der Waals surface area contributed by atoms with Gasteiger partial charge in [-0.15, -0.1) is 0 Å². The summed E-state index contributed by atoms with van der Waals surface area (Å²) >= 11 is 0. The number of unbranched alkanes of at least 4 members (excludes halogenated alkanes) is 47. The maximum absolute atomic E-state index is 13.1. The van der Waals surface area contributed by atoms with Crippen LogP contribution in [0.5, 0.6) is 0 Å². The van der Waals surface area contributed by atoms with Gasteiger partial charge in [0.1, 0.15) is 24.4 Å². The zero-order valence-electron chi connectivity index (χ0n) is 48.0. The van der Waals surface area contributed by atoms with E-state index in [-0.39, 0.29) is 12.5 Å². The molecule has 2 unspecified atom stereocenters. The first-order valence-corrected chi connectivity index (χ1v) is 32.2. The topological polar surface area (TPSA) is 149 Å². The van der Waals surface area contributed by atoms with Crippen LogP contribution in [-0.4, -0.2) is 87.5 Å². The Morgan fingerprint density at radius 3 is 0.986 bits per heavy atom. The van der Waals surface area contributed by atoms with Crippen molar-refractivity contribution in [3.05, 3.63) is 0 Å². The summed E-state index contributed by atoms with van der Waals surface area (Å²) in [7, 11) is 0. The van der Waals surface area contributed by atoms with Gasteiger partial charge in [-0.05, 0) is 12.8 Å². The molecule has 1 fully saturated rings. The number of ether oxygens (including phenoxy) is 2. The minimum absolute atomic E-state index is 0.131.